The molecule has 0 saturated heterocycles. The van der Waals surface area contributed by atoms with Gasteiger partial charge in [0.05, 0.1) is 10.5 Å². The van der Waals surface area contributed by atoms with E-state index in [9.17, 15) is 29.6 Å². The van der Waals surface area contributed by atoms with Crippen molar-refractivity contribution in [3.63, 3.8) is 0 Å². The first-order valence-corrected chi connectivity index (χ1v) is 11.5. The number of benzene rings is 2. The molecule has 2 rings (SSSR count). The Kier molecular flexibility index (Phi) is 9.41. The molecule has 0 unspecified atom stereocenters. The Balaban J connectivity index is 2.35. The molecule has 0 bridgehead atoms. The monoisotopic (exact) mass is 521 g/mol. The largest absolute Gasteiger partial charge is 0.480 e. The van der Waals surface area contributed by atoms with Crippen LogP contribution in [0.25, 0.3) is 6.08 Å². The second-order valence-corrected chi connectivity index (χ2v) is 8.33. The second kappa shape index (κ2) is 12.0. The number of amides is 2. The van der Waals surface area contributed by atoms with E-state index in [0.717, 1.165) is 0 Å². The minimum absolute atomic E-state index is 0.131. The summed E-state index contributed by atoms with van der Waals surface area (Å²) in [6.45, 7) is 0. The molecule has 11 heteroatoms. The number of thioether (sulfide) groups is 1. The van der Waals surface area contributed by atoms with Gasteiger partial charge in [-0.3, -0.25) is 19.7 Å². The number of hydrogen-bond acceptors (Lipinski definition) is 6. The van der Waals surface area contributed by atoms with Crippen molar-refractivity contribution in [1.82, 2.24) is 10.6 Å². The van der Waals surface area contributed by atoms with Crippen molar-refractivity contribution in [2.75, 3.05) is 12.0 Å². The molecule has 9 nitrogen and oxygen atoms in total. The number of carboxylic acids is 1. The summed E-state index contributed by atoms with van der Waals surface area (Å²) in [7, 11) is 0. The van der Waals surface area contributed by atoms with E-state index in [-0.39, 0.29) is 23.4 Å². The molecule has 0 heterocycles. The summed E-state index contributed by atoms with van der Waals surface area (Å²) >= 11 is 4.71. The van der Waals surface area contributed by atoms with Crippen LogP contribution in [0.15, 0.2) is 58.7 Å². The zero-order chi connectivity index (χ0) is 23.7. The maximum absolute atomic E-state index is 12.9. The molecule has 1 atom stereocenters. The van der Waals surface area contributed by atoms with E-state index in [0.29, 0.717) is 15.8 Å². The quantitative estimate of drug-likeness (QED) is 0.247. The van der Waals surface area contributed by atoms with Gasteiger partial charge in [0.15, 0.2) is 0 Å². The van der Waals surface area contributed by atoms with E-state index in [1.165, 1.54) is 42.1 Å². The number of halogens is 1. The summed E-state index contributed by atoms with van der Waals surface area (Å²) < 4.78 is 0.510. The van der Waals surface area contributed by atoms with Crippen molar-refractivity contribution in [3.8, 4) is 0 Å². The fourth-order valence-corrected chi connectivity index (χ4v) is 3.52. The van der Waals surface area contributed by atoms with E-state index in [4.69, 9.17) is 0 Å². The summed E-state index contributed by atoms with van der Waals surface area (Å²) in [4.78, 5) is 47.4. The van der Waals surface area contributed by atoms with Crippen molar-refractivity contribution in [3.05, 3.63) is 79.9 Å². The number of nitro benzene ring substituents is 1. The summed E-state index contributed by atoms with van der Waals surface area (Å²) in [5.74, 6) is -2.06. The van der Waals surface area contributed by atoms with Gasteiger partial charge in [0.25, 0.3) is 17.5 Å². The Labute approximate surface area is 196 Å². The van der Waals surface area contributed by atoms with Gasteiger partial charge in [-0.05, 0) is 70.3 Å². The molecule has 3 N–H and O–H groups in total. The van der Waals surface area contributed by atoms with Crippen molar-refractivity contribution < 1.29 is 24.4 Å². The van der Waals surface area contributed by atoms with Crippen LogP contribution in [-0.4, -0.2) is 45.9 Å². The van der Waals surface area contributed by atoms with Crippen LogP contribution in [0.2, 0.25) is 0 Å². The average Bonchev–Trinajstić information content (AvgIpc) is 2.76. The first kappa shape index (κ1) is 25.1. The van der Waals surface area contributed by atoms with Gasteiger partial charge in [0.2, 0.25) is 0 Å². The zero-order valence-corrected chi connectivity index (χ0v) is 19.3. The van der Waals surface area contributed by atoms with E-state index in [1.54, 1.807) is 24.3 Å². The Bertz CT molecular complexity index is 1040. The van der Waals surface area contributed by atoms with Gasteiger partial charge in [-0.2, -0.15) is 11.8 Å². The molecule has 168 valence electrons. The molecule has 32 heavy (non-hydrogen) atoms. The molecule has 0 aliphatic heterocycles. The molecule has 0 saturated carbocycles. The lowest BCUT2D eigenvalue weighted by Crippen LogP contribution is -2.44. The predicted molar refractivity (Wildman–Crippen MR) is 125 cm³/mol. The number of carbonyl (C=O) groups is 3. The summed E-state index contributed by atoms with van der Waals surface area (Å²) in [6.07, 6.45) is 3.34. The highest BCUT2D eigenvalue weighted by molar-refractivity contribution is 9.10. The standard InChI is InChI=1S/C21H20BrN3O6S/c1-32-11-10-17(21(28)29)23-20(27)18(12-13-6-8-14(9-7-13)25(30)31)24-19(26)15-4-2-3-5-16(15)22/h2-9,12,17H,10-11H2,1H3,(H,23,27)(H,24,26)(H,28,29)/b18-12-/t17-/m1/s1. The topological polar surface area (TPSA) is 139 Å². The summed E-state index contributed by atoms with van der Waals surface area (Å²) in [5, 5.41) is 25.2. The van der Waals surface area contributed by atoms with Crippen molar-refractivity contribution >= 4 is 57.2 Å². The Morgan fingerprint density at radius 1 is 1.19 bits per heavy atom. The van der Waals surface area contributed by atoms with Crippen LogP contribution in [0.4, 0.5) is 5.69 Å². The van der Waals surface area contributed by atoms with Crippen LogP contribution in [0.1, 0.15) is 22.3 Å². The Morgan fingerprint density at radius 3 is 2.41 bits per heavy atom. The third-order valence-electron chi connectivity index (χ3n) is 4.24. The summed E-state index contributed by atoms with van der Waals surface area (Å²) in [6, 6.07) is 10.8. The molecule has 0 aliphatic carbocycles. The van der Waals surface area contributed by atoms with Crippen molar-refractivity contribution in [1.29, 1.82) is 0 Å². The average molecular weight is 522 g/mol. The number of non-ortho nitro benzene ring substituents is 1. The molecule has 0 spiro atoms. The van der Waals surface area contributed by atoms with E-state index in [1.807, 2.05) is 6.26 Å². The number of hydrogen-bond donors (Lipinski definition) is 3. The molecule has 2 aromatic carbocycles. The highest BCUT2D eigenvalue weighted by Crippen LogP contribution is 2.17. The minimum Gasteiger partial charge on any atom is -0.480 e. The molecule has 2 aromatic rings. The highest BCUT2D eigenvalue weighted by Gasteiger charge is 2.23. The number of rotatable bonds is 10. The van der Waals surface area contributed by atoms with Gasteiger partial charge < -0.3 is 15.7 Å². The third kappa shape index (κ3) is 7.20. The lowest BCUT2D eigenvalue weighted by Gasteiger charge is -2.16. The highest BCUT2D eigenvalue weighted by atomic mass is 79.9. The smallest absolute Gasteiger partial charge is 0.326 e. The van der Waals surface area contributed by atoms with Crippen molar-refractivity contribution in [2.45, 2.75) is 12.5 Å². The fourth-order valence-electron chi connectivity index (χ4n) is 2.58. The first-order valence-electron chi connectivity index (χ1n) is 9.27. The fraction of sp³-hybridized carbons (Fsp3) is 0.190. The predicted octanol–water partition coefficient (Wildman–Crippen LogP) is 3.45. The minimum atomic E-state index is -1.20. The SMILES string of the molecule is CSCC[C@@H](NC(=O)/C(=C/c1ccc([N+](=O)[O-])cc1)NC(=O)c1ccccc1Br)C(=O)O. The molecular formula is C21H20BrN3O6S. The third-order valence-corrected chi connectivity index (χ3v) is 5.58. The number of carboxylic acid groups (broad SMARTS) is 1. The van der Waals surface area contributed by atoms with E-state index < -0.39 is 28.7 Å². The van der Waals surface area contributed by atoms with Gasteiger partial charge in [0.1, 0.15) is 11.7 Å². The molecular weight excluding hydrogens is 502 g/mol. The lowest BCUT2D eigenvalue weighted by molar-refractivity contribution is -0.384. The molecule has 0 aliphatic rings. The van der Waals surface area contributed by atoms with Gasteiger partial charge >= 0.3 is 5.97 Å². The number of aliphatic carboxylic acids is 1. The van der Waals surface area contributed by atoms with Crippen LogP contribution in [-0.2, 0) is 9.59 Å². The maximum atomic E-state index is 12.9. The normalized spacial score (nSPS) is 12.0. The molecule has 0 fully saturated rings. The second-order valence-electron chi connectivity index (χ2n) is 6.49. The van der Waals surface area contributed by atoms with Crippen LogP contribution in [0.5, 0.6) is 0 Å². The van der Waals surface area contributed by atoms with Gasteiger partial charge in [-0.25, -0.2) is 4.79 Å². The zero-order valence-electron chi connectivity index (χ0n) is 16.9. The first-order chi connectivity index (χ1) is 15.2. The van der Waals surface area contributed by atoms with Gasteiger partial charge in [-0.15, -0.1) is 0 Å². The van der Waals surface area contributed by atoms with E-state index in [2.05, 4.69) is 26.6 Å². The molecule has 0 radical (unpaired) electrons. The van der Waals surface area contributed by atoms with Crippen LogP contribution >= 0.6 is 27.7 Å². The molecule has 0 aromatic heterocycles. The Morgan fingerprint density at radius 2 is 1.84 bits per heavy atom. The van der Waals surface area contributed by atoms with Crippen LogP contribution in [0.3, 0.4) is 0 Å². The lowest BCUT2D eigenvalue weighted by atomic mass is 10.1. The number of nitrogens with zero attached hydrogens (tertiary/aromatic N) is 1. The maximum Gasteiger partial charge on any atom is 0.326 e. The van der Waals surface area contributed by atoms with Crippen molar-refractivity contribution in [2.24, 2.45) is 0 Å². The van der Waals surface area contributed by atoms with E-state index >= 15 is 0 Å². The Hall–Kier alpha value is -3.18. The number of nitrogens with one attached hydrogen (secondary N) is 2. The van der Waals surface area contributed by atoms with Gasteiger partial charge in [0, 0.05) is 16.6 Å². The van der Waals surface area contributed by atoms with Crippen LogP contribution < -0.4 is 10.6 Å². The number of nitro groups is 1. The number of carbonyl (C=O) groups excluding carboxylic acids is 2. The van der Waals surface area contributed by atoms with Crippen LogP contribution in [0, 0.1) is 10.1 Å². The molecule has 2 amide bonds. The summed E-state index contributed by atoms with van der Waals surface area (Å²) in [5.41, 5.74) is 0.347. The van der Waals surface area contributed by atoms with Gasteiger partial charge in [-0.1, -0.05) is 12.1 Å².